The van der Waals surface area contributed by atoms with Crippen LogP contribution in [-0.4, -0.2) is 91.3 Å². The number of hydrogen-bond acceptors (Lipinski definition) is 3. The number of nitrogens with zero attached hydrogens (tertiary/aromatic N) is 2. The van der Waals surface area contributed by atoms with Crippen molar-refractivity contribution in [3.8, 4) is 11.1 Å². The first-order valence-corrected chi connectivity index (χ1v) is 24.7. The van der Waals surface area contributed by atoms with E-state index in [2.05, 4.69) is 119 Å². The molecule has 0 fully saturated rings. The zero-order valence-electron chi connectivity index (χ0n) is 41.5. The molecule has 0 bridgehead atoms. The number of allylic oxidation sites excluding steroid dienone is 4. The van der Waals surface area contributed by atoms with Gasteiger partial charge in [0.1, 0.15) is 89.6 Å². The molecule has 2 aliphatic carbocycles. The Hall–Kier alpha value is -6.65. The highest BCUT2D eigenvalue weighted by molar-refractivity contribution is 6.70. The van der Waals surface area contributed by atoms with Crippen molar-refractivity contribution in [3.63, 3.8) is 0 Å². The number of rotatable bonds is 5. The Morgan fingerprint density at radius 2 is 1.19 bits per heavy atom. The number of furan rings is 1. The van der Waals surface area contributed by atoms with Crippen molar-refractivity contribution < 1.29 is 4.42 Å². The standard InChI is InChI=1S/C60H36B11N2O/c1-28-20-21-58(2)37-23-31-24-39(72(55-51(67)47(63)45(61)48(64)52(55)68)32-18-19-34-33-14-8-11-17-41(33)74-42(34)26-32)35(29-12-6-5-7-13-29)22-30(31)25-40(37)73(56-53(69)49(65)46(62)50(66)54(56)70)59(3)27-43-60(4,44(28)57(58)59)36-15-9-10-16-38(36)71-43/h5-28H,1-4H3. The summed E-state index contributed by atoms with van der Waals surface area (Å²) < 4.78 is 6.51. The van der Waals surface area contributed by atoms with Crippen LogP contribution < -0.4 is 69.9 Å². The lowest BCUT2D eigenvalue weighted by molar-refractivity contribution is 0.440. The predicted molar refractivity (Wildman–Crippen MR) is 322 cm³/mol. The summed E-state index contributed by atoms with van der Waals surface area (Å²) in [6.45, 7) is 9.24. The maximum Gasteiger partial charge on any atom is 0.187 e. The molecule has 3 heterocycles. The minimum Gasteiger partial charge on any atom is -0.456 e. The number of anilines is 5. The minimum atomic E-state index is -0.868. The van der Waals surface area contributed by atoms with Gasteiger partial charge in [-0.15, -0.1) is 32.8 Å². The number of benzene rings is 8. The van der Waals surface area contributed by atoms with Crippen LogP contribution in [0, 0.1) is 5.92 Å². The van der Waals surface area contributed by atoms with Gasteiger partial charge in [0.2, 0.25) is 0 Å². The van der Waals surface area contributed by atoms with Gasteiger partial charge < -0.3 is 14.2 Å². The Balaban J connectivity index is 1.16. The molecule has 14 heteroatoms. The van der Waals surface area contributed by atoms with Crippen molar-refractivity contribution in [2.24, 2.45) is 5.92 Å². The smallest absolute Gasteiger partial charge is 0.187 e. The summed E-state index contributed by atoms with van der Waals surface area (Å²) in [6, 6.07) is 41.8. The number of hydrogen-bond donors (Lipinski definition) is 0. The highest BCUT2D eigenvalue weighted by Gasteiger charge is 2.60. The van der Waals surface area contributed by atoms with Gasteiger partial charge in [-0.2, -0.15) is 0 Å². The third-order valence-electron chi connectivity index (χ3n) is 16.9. The molecule has 0 spiro atoms. The van der Waals surface area contributed by atoms with Gasteiger partial charge >= 0.3 is 0 Å². The van der Waals surface area contributed by atoms with Crippen LogP contribution in [0.15, 0.2) is 161 Å². The highest BCUT2D eigenvalue weighted by atomic mass is 16.3. The normalized spacial score (nSPS) is 21.3. The zero-order chi connectivity index (χ0) is 51.7. The molecule has 8 aromatic carbocycles. The van der Waals surface area contributed by atoms with Gasteiger partial charge in [-0.25, -0.2) is 0 Å². The molecule has 0 saturated carbocycles. The van der Waals surface area contributed by atoms with Crippen molar-refractivity contribution in [2.45, 2.75) is 44.1 Å². The van der Waals surface area contributed by atoms with Crippen LogP contribution in [0.3, 0.4) is 0 Å². The maximum absolute atomic E-state index is 7.19. The summed E-state index contributed by atoms with van der Waals surface area (Å²) in [5, 5.41) is 3.77. The minimum absolute atomic E-state index is 0.0548. The van der Waals surface area contributed by atoms with E-state index in [0.717, 1.165) is 55.2 Å². The molecule has 325 valence electrons. The van der Waals surface area contributed by atoms with Gasteiger partial charge in [0, 0.05) is 56.0 Å². The predicted octanol–water partition coefficient (Wildman–Crippen LogP) is 2.68. The topological polar surface area (TPSA) is 19.6 Å². The zero-order valence-corrected chi connectivity index (χ0v) is 41.5. The fourth-order valence-corrected chi connectivity index (χ4v) is 13.3. The summed E-state index contributed by atoms with van der Waals surface area (Å²) >= 11 is 0. The maximum atomic E-state index is 7.19. The monoisotopic (exact) mass is 921 g/mol. The molecule has 1 aromatic heterocycles. The van der Waals surface area contributed by atoms with E-state index in [-0.39, 0.29) is 60.5 Å². The van der Waals surface area contributed by atoms with Gasteiger partial charge in [0.05, 0.1) is 11.2 Å². The third-order valence-corrected chi connectivity index (χ3v) is 16.9. The lowest BCUT2D eigenvalue weighted by Crippen LogP contribution is -2.63. The van der Waals surface area contributed by atoms with Crippen LogP contribution in [0.25, 0.3) is 43.8 Å². The molecule has 4 unspecified atom stereocenters. The van der Waals surface area contributed by atoms with Gasteiger partial charge in [0.15, 0.2) is 7.28 Å². The number of fused-ring (bicyclic) bond motifs is 10. The average molecular weight is 920 g/mol. The van der Waals surface area contributed by atoms with E-state index in [1.807, 2.05) is 65.6 Å². The first kappa shape index (κ1) is 47.1. The van der Waals surface area contributed by atoms with Gasteiger partial charge in [-0.1, -0.05) is 131 Å². The molecule has 0 amide bonds. The molecule has 3 nitrogen and oxygen atoms in total. The molecule has 0 saturated heterocycles. The molecule has 13 rings (SSSR count). The Labute approximate surface area is 447 Å². The third kappa shape index (κ3) is 6.18. The van der Waals surface area contributed by atoms with Crippen molar-refractivity contribution in [2.75, 3.05) is 9.80 Å². The first-order chi connectivity index (χ1) is 35.4. The summed E-state index contributed by atoms with van der Waals surface area (Å²) in [5.74, 6) is 0.0548. The van der Waals surface area contributed by atoms with Crippen LogP contribution in [0.4, 0.5) is 28.4 Å². The Bertz CT molecular complexity index is 4050. The van der Waals surface area contributed by atoms with Gasteiger partial charge in [-0.05, 0) is 108 Å². The molecule has 4 atom stereocenters. The van der Waals surface area contributed by atoms with E-state index in [1.165, 1.54) is 27.6 Å². The molecular formula is C60H36B11N2O. The lowest BCUT2D eigenvalue weighted by atomic mass is 9.48. The van der Waals surface area contributed by atoms with Gasteiger partial charge in [-0.3, -0.25) is 0 Å². The second kappa shape index (κ2) is 16.2. The van der Waals surface area contributed by atoms with E-state index in [4.69, 9.17) is 82.9 Å². The Kier molecular flexibility index (Phi) is 10.3. The summed E-state index contributed by atoms with van der Waals surface area (Å²) in [7, 11) is 70.9. The molecule has 2 aliphatic heterocycles. The molecule has 74 heavy (non-hydrogen) atoms. The quantitative estimate of drug-likeness (QED) is 0.196. The Morgan fingerprint density at radius 1 is 0.581 bits per heavy atom. The second-order valence-corrected chi connectivity index (χ2v) is 21.0. The van der Waals surface area contributed by atoms with Crippen LogP contribution >= 0.6 is 0 Å². The fraction of sp³-hybridized carbons (Fsp3) is 0.133. The van der Waals surface area contributed by atoms with Crippen molar-refractivity contribution in [1.29, 1.82) is 0 Å². The molecule has 21 radical (unpaired) electrons. The van der Waals surface area contributed by atoms with Gasteiger partial charge in [0.25, 0.3) is 0 Å². The number of para-hydroxylation sites is 1. The first-order valence-electron chi connectivity index (χ1n) is 24.7. The van der Waals surface area contributed by atoms with E-state index < -0.39 is 16.4 Å². The van der Waals surface area contributed by atoms with E-state index >= 15 is 0 Å². The van der Waals surface area contributed by atoms with E-state index in [0.29, 0.717) is 22.6 Å². The van der Waals surface area contributed by atoms with Crippen molar-refractivity contribution >= 4 is 207 Å². The van der Waals surface area contributed by atoms with E-state index in [1.54, 1.807) is 0 Å². The van der Waals surface area contributed by atoms with Crippen LogP contribution in [0.5, 0.6) is 0 Å². The van der Waals surface area contributed by atoms with Crippen LogP contribution in [0.1, 0.15) is 38.8 Å². The lowest BCUT2D eigenvalue weighted by Gasteiger charge is -2.61. The van der Waals surface area contributed by atoms with Crippen LogP contribution in [-0.2, 0) is 10.8 Å². The molecule has 0 N–H and O–H groups in total. The second-order valence-electron chi connectivity index (χ2n) is 21.0. The Morgan fingerprint density at radius 3 is 1.91 bits per heavy atom. The largest absolute Gasteiger partial charge is 0.456 e. The molecular weight excluding hydrogens is 884 g/mol. The van der Waals surface area contributed by atoms with Crippen molar-refractivity contribution in [1.82, 2.24) is 0 Å². The average Bonchev–Trinajstić information content (AvgIpc) is 3.93. The van der Waals surface area contributed by atoms with Crippen molar-refractivity contribution in [3.05, 3.63) is 167 Å². The molecule has 4 aliphatic rings. The highest BCUT2D eigenvalue weighted by Crippen LogP contribution is 2.64. The fourth-order valence-electron chi connectivity index (χ4n) is 13.3. The molecule has 9 aromatic rings. The SMILES string of the molecule is [B]c1c([B])c([B])c(N(c2ccc3c(c2)oc2ccccc23)c2cc3cc4c(cc3cc2-c2ccccc2)N(c2c([B])c([B])c([B])c([B])c2[B])C2(C)C=C3[B]c5ccccc5C3(C)C3=C2C4(C)C=CC3C)c([B])c1[B]. The summed E-state index contributed by atoms with van der Waals surface area (Å²) in [4.78, 5) is 4.28. The summed E-state index contributed by atoms with van der Waals surface area (Å²) in [5.41, 5.74) is 13.2. The van der Waals surface area contributed by atoms with Crippen LogP contribution in [0.2, 0.25) is 0 Å². The van der Waals surface area contributed by atoms with E-state index in [9.17, 15) is 0 Å². The summed E-state index contributed by atoms with van der Waals surface area (Å²) in [6.07, 6.45) is 7.14.